The van der Waals surface area contributed by atoms with Crippen molar-refractivity contribution in [3.8, 4) is 0 Å². The van der Waals surface area contributed by atoms with Gasteiger partial charge in [0.05, 0.1) is 29.6 Å². The van der Waals surface area contributed by atoms with Gasteiger partial charge in [-0.15, -0.1) is 11.3 Å². The molecule has 1 saturated heterocycles. The molecule has 1 fully saturated rings. The molecule has 0 aromatic carbocycles. The van der Waals surface area contributed by atoms with Crippen LogP contribution in [0.25, 0.3) is 5.65 Å². The summed E-state index contributed by atoms with van der Waals surface area (Å²) in [5, 5.41) is 18.5. The molecule has 0 atom stereocenters. The highest BCUT2D eigenvalue weighted by Crippen LogP contribution is 2.24. The predicted octanol–water partition coefficient (Wildman–Crippen LogP) is 2.69. The molecule has 4 aromatic rings. The van der Waals surface area contributed by atoms with Crippen LogP contribution in [-0.2, 0) is 17.7 Å². The summed E-state index contributed by atoms with van der Waals surface area (Å²) in [6, 6.07) is 4.03. The van der Waals surface area contributed by atoms with E-state index in [1.54, 1.807) is 11.3 Å². The normalized spacial score (nSPS) is 15.1. The lowest BCUT2D eigenvalue weighted by Gasteiger charge is -2.26. The fourth-order valence-electron chi connectivity index (χ4n) is 3.70. The summed E-state index contributed by atoms with van der Waals surface area (Å²) in [5.41, 5.74) is 5.04. The number of rotatable bonds is 6. The first-order valence-corrected chi connectivity index (χ1v) is 10.9. The van der Waals surface area contributed by atoms with Gasteiger partial charge < -0.3 is 10.1 Å². The van der Waals surface area contributed by atoms with Gasteiger partial charge in [0.25, 0.3) is 0 Å². The number of aromatic nitrogens is 6. The maximum absolute atomic E-state index is 5.51. The van der Waals surface area contributed by atoms with Gasteiger partial charge in [-0.05, 0) is 13.8 Å². The van der Waals surface area contributed by atoms with E-state index in [-0.39, 0.29) is 0 Å². The average Bonchev–Trinajstić information content (AvgIpc) is 3.46. The molecular formula is C20H24N8OS. The largest absolute Gasteiger partial charge is 0.379 e. The van der Waals surface area contributed by atoms with Crippen molar-refractivity contribution in [3.63, 3.8) is 0 Å². The average molecular weight is 425 g/mol. The van der Waals surface area contributed by atoms with Crippen LogP contribution < -0.4 is 5.32 Å². The van der Waals surface area contributed by atoms with Gasteiger partial charge in [-0.1, -0.05) is 0 Å². The van der Waals surface area contributed by atoms with Crippen molar-refractivity contribution in [1.29, 1.82) is 0 Å². The third-order valence-corrected chi connectivity index (χ3v) is 6.00. The number of nitrogens with zero attached hydrogens (tertiary/aromatic N) is 6. The van der Waals surface area contributed by atoms with E-state index in [9.17, 15) is 0 Å². The van der Waals surface area contributed by atoms with Crippen molar-refractivity contribution in [2.75, 3.05) is 31.6 Å². The van der Waals surface area contributed by atoms with Crippen LogP contribution in [0.3, 0.4) is 0 Å². The lowest BCUT2D eigenvalue weighted by molar-refractivity contribution is 0.0334. The highest BCUT2D eigenvalue weighted by Gasteiger charge is 2.19. The van der Waals surface area contributed by atoms with E-state index in [0.29, 0.717) is 0 Å². The predicted molar refractivity (Wildman–Crippen MR) is 115 cm³/mol. The summed E-state index contributed by atoms with van der Waals surface area (Å²) in [6.45, 7) is 8.16. The molecule has 156 valence electrons. The molecule has 0 spiro atoms. The van der Waals surface area contributed by atoms with Gasteiger partial charge in [0.1, 0.15) is 5.82 Å². The van der Waals surface area contributed by atoms with Crippen LogP contribution in [0.5, 0.6) is 0 Å². The maximum Gasteiger partial charge on any atom is 0.161 e. The Morgan fingerprint density at radius 3 is 2.80 bits per heavy atom. The van der Waals surface area contributed by atoms with Gasteiger partial charge in [0, 0.05) is 61.0 Å². The van der Waals surface area contributed by atoms with Crippen molar-refractivity contribution in [1.82, 2.24) is 34.7 Å². The van der Waals surface area contributed by atoms with Crippen molar-refractivity contribution in [2.24, 2.45) is 0 Å². The summed E-state index contributed by atoms with van der Waals surface area (Å²) in [7, 11) is 0. The Morgan fingerprint density at radius 2 is 2.07 bits per heavy atom. The molecule has 10 heteroatoms. The second-order valence-electron chi connectivity index (χ2n) is 7.48. The molecule has 0 bridgehead atoms. The Kier molecular flexibility index (Phi) is 5.19. The molecule has 5 heterocycles. The smallest absolute Gasteiger partial charge is 0.161 e. The molecule has 0 aliphatic carbocycles. The lowest BCUT2D eigenvalue weighted by atomic mass is 10.2. The zero-order valence-electron chi connectivity index (χ0n) is 17.1. The minimum absolute atomic E-state index is 0.724. The molecule has 1 aliphatic rings. The van der Waals surface area contributed by atoms with Gasteiger partial charge in [0.15, 0.2) is 11.5 Å². The molecule has 0 saturated carbocycles. The van der Waals surface area contributed by atoms with Gasteiger partial charge in [-0.25, -0.2) is 14.5 Å². The number of morpholine rings is 1. The standard InChI is InChI=1S/C20H24N8OS/c1-13-9-18(25-24-13)22-17-10-15(12-27-4-6-29-7-5-27)28-20(23-17)16(14(2)26-28)11-19-21-3-8-30-19/h3,8-10H,4-7,11-12H2,1-2H3,(H2,22,23,24,25). The van der Waals surface area contributed by atoms with Crippen LogP contribution in [0.4, 0.5) is 11.6 Å². The molecule has 30 heavy (non-hydrogen) atoms. The zero-order chi connectivity index (χ0) is 20.5. The summed E-state index contributed by atoms with van der Waals surface area (Å²) in [6.07, 6.45) is 2.56. The Balaban J connectivity index is 1.56. The number of nitrogens with one attached hydrogen (secondary N) is 2. The minimum atomic E-state index is 0.724. The monoisotopic (exact) mass is 424 g/mol. The fourth-order valence-corrected chi connectivity index (χ4v) is 4.33. The number of H-pyrrole nitrogens is 1. The van der Waals surface area contributed by atoms with Crippen LogP contribution in [-0.4, -0.2) is 61.0 Å². The quantitative estimate of drug-likeness (QED) is 0.491. The number of anilines is 2. The van der Waals surface area contributed by atoms with E-state index >= 15 is 0 Å². The number of hydrogen-bond acceptors (Lipinski definition) is 8. The van der Waals surface area contributed by atoms with E-state index in [4.69, 9.17) is 14.8 Å². The number of hydrogen-bond donors (Lipinski definition) is 2. The van der Waals surface area contributed by atoms with Crippen LogP contribution in [0.2, 0.25) is 0 Å². The van der Waals surface area contributed by atoms with Gasteiger partial charge in [-0.2, -0.15) is 10.2 Å². The van der Waals surface area contributed by atoms with Gasteiger partial charge >= 0.3 is 0 Å². The minimum Gasteiger partial charge on any atom is -0.379 e. The van der Waals surface area contributed by atoms with Crippen molar-refractivity contribution in [3.05, 3.63) is 51.4 Å². The summed E-state index contributed by atoms with van der Waals surface area (Å²) in [5.74, 6) is 1.51. The SMILES string of the molecule is Cc1cc(Nc2cc(CN3CCOCC3)n3nc(C)c(Cc4nccs4)c3n2)n[nH]1. The number of fused-ring (bicyclic) bond motifs is 1. The van der Waals surface area contributed by atoms with Gasteiger partial charge in [-0.3, -0.25) is 10.00 Å². The Bertz CT molecular complexity index is 1140. The summed E-state index contributed by atoms with van der Waals surface area (Å²) in [4.78, 5) is 11.7. The van der Waals surface area contributed by atoms with E-state index < -0.39 is 0 Å². The van der Waals surface area contributed by atoms with Crippen molar-refractivity contribution < 1.29 is 4.74 Å². The Labute approximate surface area is 178 Å². The Hall–Kier alpha value is -2.82. The van der Waals surface area contributed by atoms with E-state index in [0.717, 1.165) is 84.2 Å². The van der Waals surface area contributed by atoms with Crippen LogP contribution in [0.1, 0.15) is 27.7 Å². The molecule has 0 amide bonds. The lowest BCUT2D eigenvalue weighted by Crippen LogP contribution is -2.36. The van der Waals surface area contributed by atoms with E-state index in [2.05, 4.69) is 31.5 Å². The number of aromatic amines is 1. The molecule has 2 N–H and O–H groups in total. The molecule has 5 rings (SSSR count). The second kappa shape index (κ2) is 8.13. The van der Waals surface area contributed by atoms with Crippen LogP contribution in [0.15, 0.2) is 23.7 Å². The van der Waals surface area contributed by atoms with E-state index in [1.807, 2.05) is 36.0 Å². The first-order valence-electron chi connectivity index (χ1n) is 10.0. The van der Waals surface area contributed by atoms with Crippen molar-refractivity contribution >= 4 is 28.6 Å². The van der Waals surface area contributed by atoms with Crippen molar-refractivity contribution in [2.45, 2.75) is 26.8 Å². The molecule has 9 nitrogen and oxygen atoms in total. The summed E-state index contributed by atoms with van der Waals surface area (Å²) >= 11 is 1.65. The molecule has 1 aliphatic heterocycles. The second-order valence-corrected chi connectivity index (χ2v) is 8.46. The number of aryl methyl sites for hydroxylation is 2. The first-order chi connectivity index (χ1) is 14.7. The molecule has 0 unspecified atom stereocenters. The fraction of sp³-hybridized carbons (Fsp3) is 0.400. The van der Waals surface area contributed by atoms with E-state index in [1.165, 1.54) is 0 Å². The maximum atomic E-state index is 5.51. The molecular weight excluding hydrogens is 400 g/mol. The molecule has 0 radical (unpaired) electrons. The topological polar surface area (TPSA) is 96.3 Å². The van der Waals surface area contributed by atoms with Gasteiger partial charge in [0.2, 0.25) is 0 Å². The van der Waals surface area contributed by atoms with Crippen LogP contribution >= 0.6 is 11.3 Å². The number of thiazole rings is 1. The molecule has 4 aromatic heterocycles. The highest BCUT2D eigenvalue weighted by atomic mass is 32.1. The third kappa shape index (κ3) is 3.93. The zero-order valence-corrected chi connectivity index (χ0v) is 17.9. The summed E-state index contributed by atoms with van der Waals surface area (Å²) < 4.78 is 7.49. The Morgan fingerprint density at radius 1 is 1.20 bits per heavy atom. The highest BCUT2D eigenvalue weighted by molar-refractivity contribution is 7.09. The third-order valence-electron chi connectivity index (χ3n) is 5.22. The first kappa shape index (κ1) is 19.2. The number of ether oxygens (including phenoxy) is 1. The van der Waals surface area contributed by atoms with Crippen LogP contribution in [0, 0.1) is 13.8 Å².